The normalized spacial score (nSPS) is 15.6. The lowest BCUT2D eigenvalue weighted by Crippen LogP contribution is -2.52. The fraction of sp³-hybridized carbons (Fsp3) is 0.412. The van der Waals surface area contributed by atoms with E-state index >= 15 is 0 Å². The van der Waals surface area contributed by atoms with E-state index in [1.54, 1.807) is 18.4 Å². The van der Waals surface area contributed by atoms with Gasteiger partial charge in [0.05, 0.1) is 12.2 Å². The summed E-state index contributed by atoms with van der Waals surface area (Å²) < 4.78 is 27.3. The first-order valence-corrected chi connectivity index (χ1v) is 9.01. The Bertz CT molecular complexity index is 753. The molecule has 1 saturated heterocycles. The van der Waals surface area contributed by atoms with Crippen LogP contribution in [-0.2, 0) is 6.54 Å². The zero-order chi connectivity index (χ0) is 17.8. The smallest absolute Gasteiger partial charge is 0.194 e. The van der Waals surface area contributed by atoms with Crippen molar-refractivity contribution in [2.45, 2.75) is 13.5 Å². The predicted octanol–water partition coefficient (Wildman–Crippen LogP) is 2.63. The first kappa shape index (κ1) is 17.6. The third kappa shape index (κ3) is 4.25. The summed E-state index contributed by atoms with van der Waals surface area (Å²) in [5, 5.41) is 6.35. The maximum absolute atomic E-state index is 13.9. The molecule has 0 spiro atoms. The molecule has 2 heterocycles. The third-order valence-corrected chi connectivity index (χ3v) is 5.07. The molecule has 1 aromatic carbocycles. The van der Waals surface area contributed by atoms with Crippen molar-refractivity contribution in [3.63, 3.8) is 0 Å². The van der Waals surface area contributed by atoms with Crippen LogP contribution in [0.1, 0.15) is 10.7 Å². The highest BCUT2D eigenvalue weighted by atomic mass is 32.1. The Morgan fingerprint density at radius 1 is 1.28 bits per heavy atom. The van der Waals surface area contributed by atoms with Crippen molar-refractivity contribution < 1.29 is 8.78 Å². The molecule has 2 aromatic rings. The molecule has 1 N–H and O–H groups in total. The summed E-state index contributed by atoms with van der Waals surface area (Å²) >= 11 is 1.62. The molecule has 3 rings (SSSR count). The highest BCUT2D eigenvalue weighted by Gasteiger charge is 2.22. The summed E-state index contributed by atoms with van der Waals surface area (Å²) in [7, 11) is 1.74. The zero-order valence-electron chi connectivity index (χ0n) is 14.3. The Balaban J connectivity index is 1.57. The van der Waals surface area contributed by atoms with Crippen LogP contribution >= 0.6 is 11.3 Å². The summed E-state index contributed by atoms with van der Waals surface area (Å²) in [4.78, 5) is 12.7. The Morgan fingerprint density at radius 2 is 2.04 bits per heavy atom. The number of rotatable bonds is 3. The molecule has 5 nitrogen and oxygen atoms in total. The van der Waals surface area contributed by atoms with E-state index in [2.05, 4.69) is 20.2 Å². The van der Waals surface area contributed by atoms with Crippen molar-refractivity contribution in [1.82, 2.24) is 15.2 Å². The number of guanidine groups is 1. The van der Waals surface area contributed by atoms with Gasteiger partial charge in [0.2, 0.25) is 0 Å². The molecule has 0 bridgehead atoms. The zero-order valence-corrected chi connectivity index (χ0v) is 15.1. The maximum Gasteiger partial charge on any atom is 0.194 e. The molecule has 8 heteroatoms. The third-order valence-electron chi connectivity index (χ3n) is 4.10. The second-order valence-corrected chi connectivity index (χ2v) is 6.80. The largest absolute Gasteiger partial charge is 0.366 e. The van der Waals surface area contributed by atoms with Gasteiger partial charge in [-0.3, -0.25) is 4.99 Å². The topological polar surface area (TPSA) is 43.8 Å². The first-order chi connectivity index (χ1) is 12.1. The molecule has 0 aliphatic carbocycles. The maximum atomic E-state index is 13.9. The van der Waals surface area contributed by atoms with Gasteiger partial charge in [-0.2, -0.15) is 0 Å². The van der Waals surface area contributed by atoms with Gasteiger partial charge in [0.15, 0.2) is 5.96 Å². The van der Waals surface area contributed by atoms with E-state index in [9.17, 15) is 8.78 Å². The minimum Gasteiger partial charge on any atom is -0.366 e. The predicted molar refractivity (Wildman–Crippen MR) is 97.2 cm³/mol. The number of piperazine rings is 1. The fourth-order valence-corrected chi connectivity index (χ4v) is 3.57. The average molecular weight is 365 g/mol. The van der Waals surface area contributed by atoms with E-state index in [1.165, 1.54) is 12.1 Å². The molecule has 0 unspecified atom stereocenters. The van der Waals surface area contributed by atoms with Crippen molar-refractivity contribution in [1.29, 1.82) is 0 Å². The number of hydrogen-bond donors (Lipinski definition) is 1. The number of thiazole rings is 1. The molecule has 0 atom stereocenters. The summed E-state index contributed by atoms with van der Waals surface area (Å²) in [5.41, 5.74) is 1.34. The van der Waals surface area contributed by atoms with Crippen LogP contribution in [0.15, 0.2) is 28.6 Å². The van der Waals surface area contributed by atoms with Gasteiger partial charge in [0, 0.05) is 50.4 Å². The van der Waals surface area contributed by atoms with Crippen molar-refractivity contribution in [2.75, 3.05) is 38.1 Å². The molecule has 1 fully saturated rings. The highest BCUT2D eigenvalue weighted by Crippen LogP contribution is 2.22. The van der Waals surface area contributed by atoms with Crippen molar-refractivity contribution in [3.8, 4) is 0 Å². The van der Waals surface area contributed by atoms with Crippen LogP contribution in [0.4, 0.5) is 14.5 Å². The molecular formula is C17H21F2N5S. The Kier molecular flexibility index (Phi) is 5.47. The van der Waals surface area contributed by atoms with Crippen LogP contribution in [-0.4, -0.2) is 49.1 Å². The number of hydrogen-bond acceptors (Lipinski definition) is 4. The number of aromatic nitrogens is 1. The number of anilines is 1. The van der Waals surface area contributed by atoms with Crippen LogP contribution in [0.5, 0.6) is 0 Å². The van der Waals surface area contributed by atoms with Crippen molar-refractivity contribution in [2.24, 2.45) is 4.99 Å². The molecule has 0 amide bonds. The van der Waals surface area contributed by atoms with Crippen LogP contribution in [0.25, 0.3) is 0 Å². The quantitative estimate of drug-likeness (QED) is 0.671. The number of nitrogens with zero attached hydrogens (tertiary/aromatic N) is 4. The number of aliphatic imine (C=N–C) groups is 1. The number of benzene rings is 1. The molecular weight excluding hydrogens is 344 g/mol. The number of nitrogens with one attached hydrogen (secondary N) is 1. The molecule has 1 aliphatic rings. The van der Waals surface area contributed by atoms with E-state index in [0.717, 1.165) is 22.7 Å². The summed E-state index contributed by atoms with van der Waals surface area (Å²) in [6, 6.07) is 3.57. The average Bonchev–Trinajstić information content (AvgIpc) is 3.03. The second kappa shape index (κ2) is 7.77. The lowest BCUT2D eigenvalue weighted by Gasteiger charge is -2.37. The lowest BCUT2D eigenvalue weighted by molar-refractivity contribution is 0.370. The SMILES string of the molecule is CN=C(NCc1nc(C)cs1)N1CCN(c2cc(F)ccc2F)CC1. The Hall–Kier alpha value is -2.22. The number of halogens is 2. The van der Waals surface area contributed by atoms with Crippen LogP contribution in [0.3, 0.4) is 0 Å². The minimum atomic E-state index is -0.421. The standard InChI is InChI=1S/C17H21F2N5S/c1-12-11-25-16(22-12)10-21-17(20-2)24-7-5-23(6-8-24)15-9-13(18)3-4-14(15)19/h3-4,9,11H,5-8,10H2,1-2H3,(H,20,21). The van der Waals surface area contributed by atoms with E-state index in [0.29, 0.717) is 38.4 Å². The van der Waals surface area contributed by atoms with Gasteiger partial charge in [-0.25, -0.2) is 13.8 Å². The molecule has 134 valence electrons. The van der Waals surface area contributed by atoms with Crippen LogP contribution in [0, 0.1) is 18.6 Å². The molecule has 0 radical (unpaired) electrons. The van der Waals surface area contributed by atoms with Crippen LogP contribution in [0.2, 0.25) is 0 Å². The van der Waals surface area contributed by atoms with Gasteiger partial charge in [-0.1, -0.05) is 0 Å². The monoisotopic (exact) mass is 365 g/mol. The van der Waals surface area contributed by atoms with Gasteiger partial charge < -0.3 is 15.1 Å². The summed E-state index contributed by atoms with van der Waals surface area (Å²) in [6.07, 6.45) is 0. The Morgan fingerprint density at radius 3 is 2.68 bits per heavy atom. The highest BCUT2D eigenvalue weighted by molar-refractivity contribution is 7.09. The van der Waals surface area contributed by atoms with Crippen molar-refractivity contribution >= 4 is 23.0 Å². The van der Waals surface area contributed by atoms with E-state index in [1.807, 2.05) is 17.2 Å². The van der Waals surface area contributed by atoms with Gasteiger partial charge in [0.1, 0.15) is 16.6 Å². The molecule has 1 aromatic heterocycles. The van der Waals surface area contributed by atoms with Gasteiger partial charge in [0.25, 0.3) is 0 Å². The lowest BCUT2D eigenvalue weighted by atomic mass is 10.2. The summed E-state index contributed by atoms with van der Waals surface area (Å²) in [5.74, 6) is -0.0150. The molecule has 0 saturated carbocycles. The van der Waals surface area contributed by atoms with Crippen LogP contribution < -0.4 is 10.2 Å². The minimum absolute atomic E-state index is 0.320. The molecule has 1 aliphatic heterocycles. The van der Waals surface area contributed by atoms with Gasteiger partial charge in [-0.15, -0.1) is 11.3 Å². The number of aryl methyl sites for hydroxylation is 1. The van der Waals surface area contributed by atoms with E-state index in [4.69, 9.17) is 0 Å². The fourth-order valence-electron chi connectivity index (χ4n) is 2.86. The van der Waals surface area contributed by atoms with E-state index in [-0.39, 0.29) is 0 Å². The van der Waals surface area contributed by atoms with Gasteiger partial charge in [-0.05, 0) is 19.1 Å². The Labute approximate surface area is 150 Å². The first-order valence-electron chi connectivity index (χ1n) is 8.13. The van der Waals surface area contributed by atoms with Crippen molar-refractivity contribution in [3.05, 3.63) is 45.9 Å². The second-order valence-electron chi connectivity index (χ2n) is 5.85. The summed E-state index contributed by atoms with van der Waals surface area (Å²) in [6.45, 7) is 5.19. The van der Waals surface area contributed by atoms with Gasteiger partial charge >= 0.3 is 0 Å². The molecule has 25 heavy (non-hydrogen) atoms. The van der Waals surface area contributed by atoms with E-state index < -0.39 is 11.6 Å².